The van der Waals surface area contributed by atoms with Gasteiger partial charge in [0.05, 0.1) is 5.02 Å². The Bertz CT molecular complexity index is 700. The highest BCUT2D eigenvalue weighted by Gasteiger charge is 2.28. The Balaban J connectivity index is 1.74. The number of carbonyl (C=O) groups excluding carboxylic acids is 1. The summed E-state index contributed by atoms with van der Waals surface area (Å²) in [5.74, 6) is -0.0208. The maximum absolute atomic E-state index is 13.1. The van der Waals surface area contributed by atoms with E-state index >= 15 is 0 Å². The SMILES string of the molecule is CCN1CCC(N(CCc2ccccn2)C(=O)c2ccc(Cl)cn2)CC1. The van der Waals surface area contributed by atoms with Gasteiger partial charge < -0.3 is 9.80 Å². The molecule has 1 aliphatic heterocycles. The van der Waals surface area contributed by atoms with Gasteiger partial charge in [-0.2, -0.15) is 0 Å². The maximum Gasteiger partial charge on any atom is 0.272 e. The molecule has 5 nitrogen and oxygen atoms in total. The second kappa shape index (κ2) is 9.10. The van der Waals surface area contributed by atoms with Crippen LogP contribution in [-0.2, 0) is 6.42 Å². The summed E-state index contributed by atoms with van der Waals surface area (Å²) in [5, 5.41) is 0.540. The third kappa shape index (κ3) is 4.80. The van der Waals surface area contributed by atoms with Gasteiger partial charge in [0.1, 0.15) is 5.69 Å². The molecule has 1 amide bonds. The van der Waals surface area contributed by atoms with E-state index in [-0.39, 0.29) is 11.9 Å². The van der Waals surface area contributed by atoms with Crippen molar-refractivity contribution in [1.82, 2.24) is 19.8 Å². The maximum atomic E-state index is 13.1. The van der Waals surface area contributed by atoms with Crippen LogP contribution in [0.5, 0.6) is 0 Å². The van der Waals surface area contributed by atoms with Crippen LogP contribution in [0.3, 0.4) is 0 Å². The normalized spacial score (nSPS) is 15.8. The third-order valence-corrected chi connectivity index (χ3v) is 5.21. The first-order valence-corrected chi connectivity index (χ1v) is 9.60. The summed E-state index contributed by atoms with van der Waals surface area (Å²) in [7, 11) is 0. The summed E-state index contributed by atoms with van der Waals surface area (Å²) in [4.78, 5) is 26.1. The molecule has 0 unspecified atom stereocenters. The first kappa shape index (κ1) is 18.8. The molecule has 1 aliphatic rings. The molecule has 0 atom stereocenters. The molecular weight excluding hydrogens is 348 g/mol. The summed E-state index contributed by atoms with van der Waals surface area (Å²) in [6.07, 6.45) is 6.06. The number of hydrogen-bond acceptors (Lipinski definition) is 4. The Kier molecular flexibility index (Phi) is 6.58. The van der Waals surface area contributed by atoms with Crippen LogP contribution >= 0.6 is 11.6 Å². The van der Waals surface area contributed by atoms with Gasteiger partial charge in [-0.05, 0) is 43.7 Å². The highest BCUT2D eigenvalue weighted by Crippen LogP contribution is 2.19. The molecule has 0 N–H and O–H groups in total. The van der Waals surface area contributed by atoms with E-state index in [1.165, 1.54) is 6.20 Å². The van der Waals surface area contributed by atoms with Crippen LogP contribution in [0.1, 0.15) is 35.9 Å². The molecule has 0 aliphatic carbocycles. The molecule has 1 saturated heterocycles. The number of carbonyl (C=O) groups is 1. The first-order chi connectivity index (χ1) is 12.7. The van der Waals surface area contributed by atoms with Crippen molar-refractivity contribution in [2.24, 2.45) is 0 Å². The van der Waals surface area contributed by atoms with Gasteiger partial charge >= 0.3 is 0 Å². The lowest BCUT2D eigenvalue weighted by atomic mass is 10.0. The topological polar surface area (TPSA) is 49.3 Å². The van der Waals surface area contributed by atoms with Gasteiger partial charge in [-0.25, -0.2) is 4.98 Å². The smallest absolute Gasteiger partial charge is 0.272 e. The number of hydrogen-bond donors (Lipinski definition) is 0. The Morgan fingerprint density at radius 1 is 1.23 bits per heavy atom. The number of amides is 1. The van der Waals surface area contributed by atoms with E-state index in [0.29, 0.717) is 17.3 Å². The minimum absolute atomic E-state index is 0.0208. The van der Waals surface area contributed by atoms with Crippen LogP contribution in [0.25, 0.3) is 0 Å². The van der Waals surface area contributed by atoms with Gasteiger partial charge in [-0.3, -0.25) is 9.78 Å². The molecule has 0 radical (unpaired) electrons. The molecule has 0 aromatic carbocycles. The van der Waals surface area contributed by atoms with Gasteiger partial charge in [0.2, 0.25) is 0 Å². The summed E-state index contributed by atoms with van der Waals surface area (Å²) in [6.45, 7) is 5.96. The zero-order chi connectivity index (χ0) is 18.4. The van der Waals surface area contributed by atoms with Crippen molar-refractivity contribution in [3.8, 4) is 0 Å². The fourth-order valence-electron chi connectivity index (χ4n) is 3.43. The average molecular weight is 373 g/mol. The van der Waals surface area contributed by atoms with Gasteiger partial charge in [0.25, 0.3) is 5.91 Å². The van der Waals surface area contributed by atoms with Crippen LogP contribution in [0.4, 0.5) is 0 Å². The monoisotopic (exact) mass is 372 g/mol. The van der Waals surface area contributed by atoms with Gasteiger partial charge in [0.15, 0.2) is 0 Å². The van der Waals surface area contributed by atoms with E-state index in [4.69, 9.17) is 11.6 Å². The molecule has 138 valence electrons. The van der Waals surface area contributed by atoms with Crippen LogP contribution < -0.4 is 0 Å². The van der Waals surface area contributed by atoms with E-state index < -0.39 is 0 Å². The molecule has 2 aromatic heterocycles. The fraction of sp³-hybridized carbons (Fsp3) is 0.450. The lowest BCUT2D eigenvalue weighted by Gasteiger charge is -2.38. The lowest BCUT2D eigenvalue weighted by Crippen LogP contribution is -2.48. The summed E-state index contributed by atoms with van der Waals surface area (Å²) < 4.78 is 0. The minimum Gasteiger partial charge on any atom is -0.334 e. The Morgan fingerprint density at radius 2 is 2.04 bits per heavy atom. The second-order valence-electron chi connectivity index (χ2n) is 6.60. The van der Waals surface area contributed by atoms with Crippen molar-refractivity contribution < 1.29 is 4.79 Å². The molecule has 1 fully saturated rings. The van der Waals surface area contributed by atoms with Crippen LogP contribution in [-0.4, -0.2) is 57.9 Å². The Labute approximate surface area is 160 Å². The Hall–Kier alpha value is -1.98. The molecule has 3 rings (SSSR count). The summed E-state index contributed by atoms with van der Waals surface area (Å²) >= 11 is 5.92. The van der Waals surface area contributed by atoms with Crippen molar-refractivity contribution in [2.45, 2.75) is 32.2 Å². The zero-order valence-electron chi connectivity index (χ0n) is 15.1. The minimum atomic E-state index is -0.0208. The number of nitrogens with zero attached hydrogens (tertiary/aromatic N) is 4. The number of piperidine rings is 1. The molecule has 6 heteroatoms. The third-order valence-electron chi connectivity index (χ3n) is 4.99. The molecule has 3 heterocycles. The van der Waals surface area contributed by atoms with E-state index in [0.717, 1.165) is 44.6 Å². The quantitative estimate of drug-likeness (QED) is 0.780. The summed E-state index contributed by atoms with van der Waals surface area (Å²) in [6, 6.07) is 9.56. The van der Waals surface area contributed by atoms with Crippen LogP contribution in [0.15, 0.2) is 42.7 Å². The van der Waals surface area contributed by atoms with E-state index in [1.54, 1.807) is 18.3 Å². The highest BCUT2D eigenvalue weighted by atomic mass is 35.5. The molecule has 0 saturated carbocycles. The largest absolute Gasteiger partial charge is 0.334 e. The van der Waals surface area contributed by atoms with Gasteiger partial charge in [-0.15, -0.1) is 0 Å². The number of likely N-dealkylation sites (tertiary alicyclic amines) is 1. The highest BCUT2D eigenvalue weighted by molar-refractivity contribution is 6.30. The zero-order valence-corrected chi connectivity index (χ0v) is 15.9. The Morgan fingerprint density at radius 3 is 2.65 bits per heavy atom. The fourth-order valence-corrected chi connectivity index (χ4v) is 3.54. The van der Waals surface area contributed by atoms with Crippen LogP contribution in [0.2, 0.25) is 5.02 Å². The second-order valence-corrected chi connectivity index (χ2v) is 7.03. The van der Waals surface area contributed by atoms with E-state index in [1.807, 2.05) is 23.1 Å². The molecular formula is C20H25ClN4O. The summed E-state index contributed by atoms with van der Waals surface area (Å²) in [5.41, 5.74) is 1.45. The number of aromatic nitrogens is 2. The standard InChI is InChI=1S/C20H25ClN4O/c1-2-24-12-9-18(10-13-24)25(14-8-17-5-3-4-11-22-17)20(26)19-7-6-16(21)15-23-19/h3-7,11,15,18H,2,8-10,12-14H2,1H3. The van der Waals surface area contributed by atoms with E-state index in [2.05, 4.69) is 21.8 Å². The average Bonchev–Trinajstić information content (AvgIpc) is 2.70. The van der Waals surface area contributed by atoms with Gasteiger partial charge in [0, 0.05) is 50.2 Å². The van der Waals surface area contributed by atoms with Crippen molar-refractivity contribution in [1.29, 1.82) is 0 Å². The predicted molar refractivity (Wildman–Crippen MR) is 103 cm³/mol. The number of halogens is 1. The van der Waals surface area contributed by atoms with Gasteiger partial charge in [-0.1, -0.05) is 24.6 Å². The van der Waals surface area contributed by atoms with E-state index in [9.17, 15) is 4.79 Å². The molecule has 2 aromatic rings. The van der Waals surface area contributed by atoms with Crippen molar-refractivity contribution in [3.63, 3.8) is 0 Å². The van der Waals surface area contributed by atoms with Crippen molar-refractivity contribution >= 4 is 17.5 Å². The predicted octanol–water partition coefficient (Wildman–Crippen LogP) is 3.30. The van der Waals surface area contributed by atoms with Crippen molar-refractivity contribution in [2.75, 3.05) is 26.2 Å². The molecule has 0 bridgehead atoms. The lowest BCUT2D eigenvalue weighted by molar-refractivity contribution is 0.0573. The molecule has 0 spiro atoms. The van der Waals surface area contributed by atoms with Crippen molar-refractivity contribution in [3.05, 3.63) is 59.1 Å². The van der Waals surface area contributed by atoms with Crippen LogP contribution in [0, 0.1) is 0 Å². The first-order valence-electron chi connectivity index (χ1n) is 9.22. The number of rotatable bonds is 6. The number of pyridine rings is 2. The molecule has 26 heavy (non-hydrogen) atoms.